The Bertz CT molecular complexity index is 1120. The average Bonchev–Trinajstić information content (AvgIpc) is 2.76. The number of amides is 2. The molecule has 0 aliphatic carbocycles. The van der Waals surface area contributed by atoms with Crippen LogP contribution in [-0.4, -0.2) is 50.5 Å². The SMILES string of the molecule is CCNC(=O)C(C)N(Cc1cccc(Cl)c1)C(=O)CCCN(c1ccc(C)c(C)c1)S(C)(=O)=O. The maximum Gasteiger partial charge on any atom is 0.242 e. The van der Waals surface area contributed by atoms with Gasteiger partial charge in [-0.2, -0.15) is 0 Å². The fraction of sp³-hybridized carbons (Fsp3) is 0.440. The van der Waals surface area contributed by atoms with E-state index in [-0.39, 0.29) is 31.3 Å². The van der Waals surface area contributed by atoms with Gasteiger partial charge in [-0.25, -0.2) is 8.42 Å². The number of aryl methyl sites for hydroxylation is 2. The van der Waals surface area contributed by atoms with Gasteiger partial charge >= 0.3 is 0 Å². The second-order valence-electron chi connectivity index (χ2n) is 8.43. The van der Waals surface area contributed by atoms with Crippen molar-refractivity contribution in [2.45, 2.75) is 53.1 Å². The molecule has 1 N–H and O–H groups in total. The van der Waals surface area contributed by atoms with Crippen LogP contribution in [0.3, 0.4) is 0 Å². The molecule has 0 saturated heterocycles. The number of rotatable bonds is 11. The van der Waals surface area contributed by atoms with Crippen LogP contribution in [-0.2, 0) is 26.2 Å². The van der Waals surface area contributed by atoms with Crippen molar-refractivity contribution in [3.63, 3.8) is 0 Å². The summed E-state index contributed by atoms with van der Waals surface area (Å²) in [6.45, 7) is 8.25. The molecule has 34 heavy (non-hydrogen) atoms. The quantitative estimate of drug-likeness (QED) is 0.497. The number of nitrogens with one attached hydrogen (secondary N) is 1. The number of carbonyl (C=O) groups excluding carboxylic acids is 2. The Balaban J connectivity index is 2.17. The predicted molar refractivity (Wildman–Crippen MR) is 137 cm³/mol. The summed E-state index contributed by atoms with van der Waals surface area (Å²) in [7, 11) is -3.53. The number of halogens is 1. The van der Waals surface area contributed by atoms with E-state index in [0.29, 0.717) is 23.7 Å². The van der Waals surface area contributed by atoms with E-state index in [4.69, 9.17) is 11.6 Å². The number of sulfonamides is 1. The van der Waals surface area contributed by atoms with E-state index in [1.165, 1.54) is 9.21 Å². The molecule has 0 aromatic heterocycles. The first-order valence-corrected chi connectivity index (χ1v) is 13.5. The summed E-state index contributed by atoms with van der Waals surface area (Å²) in [4.78, 5) is 27.2. The minimum atomic E-state index is -3.53. The van der Waals surface area contributed by atoms with Gasteiger partial charge in [0.15, 0.2) is 0 Å². The minimum Gasteiger partial charge on any atom is -0.355 e. The third-order valence-electron chi connectivity index (χ3n) is 5.69. The van der Waals surface area contributed by atoms with Gasteiger partial charge in [0.1, 0.15) is 6.04 Å². The topological polar surface area (TPSA) is 86.8 Å². The van der Waals surface area contributed by atoms with Crippen molar-refractivity contribution in [1.29, 1.82) is 0 Å². The molecule has 7 nitrogen and oxygen atoms in total. The summed E-state index contributed by atoms with van der Waals surface area (Å²) in [6, 6.07) is 12.0. The number of benzene rings is 2. The molecule has 2 aromatic rings. The number of carbonyl (C=O) groups is 2. The molecule has 186 valence electrons. The van der Waals surface area contributed by atoms with Gasteiger partial charge in [0.25, 0.3) is 0 Å². The first kappa shape index (κ1) is 27.7. The number of hydrogen-bond acceptors (Lipinski definition) is 4. The molecule has 0 heterocycles. The Labute approximate surface area is 208 Å². The van der Waals surface area contributed by atoms with Crippen LogP contribution in [0.4, 0.5) is 5.69 Å². The maximum absolute atomic E-state index is 13.2. The van der Waals surface area contributed by atoms with Crippen LogP contribution < -0.4 is 9.62 Å². The van der Waals surface area contributed by atoms with Crippen molar-refractivity contribution in [2.75, 3.05) is 23.7 Å². The van der Waals surface area contributed by atoms with Gasteiger partial charge in [-0.3, -0.25) is 13.9 Å². The lowest BCUT2D eigenvalue weighted by Crippen LogP contribution is -2.47. The van der Waals surface area contributed by atoms with Crippen molar-refractivity contribution < 1.29 is 18.0 Å². The van der Waals surface area contributed by atoms with Crippen molar-refractivity contribution in [3.8, 4) is 0 Å². The van der Waals surface area contributed by atoms with E-state index in [0.717, 1.165) is 22.9 Å². The number of anilines is 1. The highest BCUT2D eigenvalue weighted by Crippen LogP contribution is 2.22. The smallest absolute Gasteiger partial charge is 0.242 e. The Hall–Kier alpha value is -2.58. The Morgan fingerprint density at radius 2 is 1.79 bits per heavy atom. The van der Waals surface area contributed by atoms with Gasteiger partial charge in [0.05, 0.1) is 11.9 Å². The molecule has 0 aliphatic rings. The highest BCUT2D eigenvalue weighted by Gasteiger charge is 2.26. The van der Waals surface area contributed by atoms with Crippen LogP contribution in [0, 0.1) is 13.8 Å². The van der Waals surface area contributed by atoms with Crippen molar-refractivity contribution in [1.82, 2.24) is 10.2 Å². The lowest BCUT2D eigenvalue weighted by atomic mass is 10.1. The molecule has 0 radical (unpaired) electrons. The van der Waals surface area contributed by atoms with Gasteiger partial charge < -0.3 is 10.2 Å². The van der Waals surface area contributed by atoms with Gasteiger partial charge in [0.2, 0.25) is 21.8 Å². The summed E-state index contributed by atoms with van der Waals surface area (Å²) in [5, 5.41) is 3.31. The summed E-state index contributed by atoms with van der Waals surface area (Å²) >= 11 is 6.09. The van der Waals surface area contributed by atoms with Crippen molar-refractivity contribution in [3.05, 3.63) is 64.2 Å². The molecule has 2 aromatic carbocycles. The Morgan fingerprint density at radius 1 is 1.09 bits per heavy atom. The standard InChI is InChI=1S/C25H34ClN3O4S/c1-6-27-25(31)20(4)28(17-21-9-7-10-22(26)16-21)24(30)11-8-14-29(34(5,32)33)23-13-12-18(2)19(3)15-23/h7,9-10,12-13,15-16,20H,6,8,11,14,17H2,1-5H3,(H,27,31). The van der Waals surface area contributed by atoms with E-state index in [9.17, 15) is 18.0 Å². The summed E-state index contributed by atoms with van der Waals surface area (Å²) in [5.41, 5.74) is 3.45. The molecular formula is C25H34ClN3O4S. The normalized spacial score (nSPS) is 12.2. The van der Waals surface area contributed by atoms with Crippen LogP contribution in [0.5, 0.6) is 0 Å². The first-order chi connectivity index (χ1) is 15.9. The van der Waals surface area contributed by atoms with E-state index in [1.807, 2.05) is 39.0 Å². The molecule has 9 heteroatoms. The highest BCUT2D eigenvalue weighted by molar-refractivity contribution is 7.92. The van der Waals surface area contributed by atoms with Crippen LogP contribution in [0.1, 0.15) is 43.4 Å². The zero-order valence-electron chi connectivity index (χ0n) is 20.5. The summed E-state index contributed by atoms with van der Waals surface area (Å²) in [6.07, 6.45) is 1.57. The van der Waals surface area contributed by atoms with Crippen LogP contribution in [0.2, 0.25) is 5.02 Å². The second-order valence-corrected chi connectivity index (χ2v) is 10.8. The van der Waals surface area contributed by atoms with E-state index in [2.05, 4.69) is 5.32 Å². The van der Waals surface area contributed by atoms with E-state index < -0.39 is 16.1 Å². The van der Waals surface area contributed by atoms with Crippen molar-refractivity contribution in [2.24, 2.45) is 0 Å². The zero-order valence-corrected chi connectivity index (χ0v) is 22.0. The van der Waals surface area contributed by atoms with Crippen LogP contribution in [0.25, 0.3) is 0 Å². The average molecular weight is 508 g/mol. The molecule has 1 unspecified atom stereocenters. The monoisotopic (exact) mass is 507 g/mol. The molecule has 2 rings (SSSR count). The van der Waals surface area contributed by atoms with Crippen LogP contribution in [0.15, 0.2) is 42.5 Å². The number of hydrogen-bond donors (Lipinski definition) is 1. The third-order valence-corrected chi connectivity index (χ3v) is 7.12. The van der Waals surface area contributed by atoms with E-state index >= 15 is 0 Å². The molecule has 0 saturated carbocycles. The maximum atomic E-state index is 13.2. The lowest BCUT2D eigenvalue weighted by Gasteiger charge is -2.29. The van der Waals surface area contributed by atoms with Gasteiger partial charge in [0, 0.05) is 31.1 Å². The minimum absolute atomic E-state index is 0.0984. The Morgan fingerprint density at radius 3 is 2.38 bits per heavy atom. The second kappa shape index (κ2) is 12.2. The third kappa shape index (κ3) is 7.74. The molecule has 0 aliphatic heterocycles. The first-order valence-electron chi connectivity index (χ1n) is 11.3. The number of likely N-dealkylation sites (N-methyl/N-ethyl adjacent to an activating group) is 1. The van der Waals surface area contributed by atoms with E-state index in [1.54, 1.807) is 31.2 Å². The lowest BCUT2D eigenvalue weighted by molar-refractivity contribution is -0.140. The largest absolute Gasteiger partial charge is 0.355 e. The highest BCUT2D eigenvalue weighted by atomic mass is 35.5. The molecular weight excluding hydrogens is 474 g/mol. The fourth-order valence-electron chi connectivity index (χ4n) is 3.62. The zero-order chi connectivity index (χ0) is 25.5. The molecule has 0 spiro atoms. The Kier molecular flexibility index (Phi) is 9.94. The van der Waals surface area contributed by atoms with Gasteiger partial charge in [-0.15, -0.1) is 0 Å². The predicted octanol–water partition coefficient (Wildman–Crippen LogP) is 4.06. The fourth-order valence-corrected chi connectivity index (χ4v) is 4.79. The molecule has 2 amide bonds. The van der Waals surface area contributed by atoms with Gasteiger partial charge in [-0.05, 0) is 75.1 Å². The summed E-state index contributed by atoms with van der Waals surface area (Å²) in [5.74, 6) is -0.474. The van der Waals surface area contributed by atoms with Crippen molar-refractivity contribution >= 4 is 39.1 Å². The number of nitrogens with zero attached hydrogens (tertiary/aromatic N) is 2. The van der Waals surface area contributed by atoms with Crippen LogP contribution >= 0.6 is 11.6 Å². The molecule has 0 fully saturated rings. The molecule has 0 bridgehead atoms. The van der Waals surface area contributed by atoms with Gasteiger partial charge in [-0.1, -0.05) is 29.8 Å². The summed E-state index contributed by atoms with van der Waals surface area (Å²) < 4.78 is 26.2. The molecule has 1 atom stereocenters.